The molecule has 1 saturated carbocycles. The van der Waals surface area contributed by atoms with Crippen LogP contribution in [-0.4, -0.2) is 9.13 Å². The van der Waals surface area contributed by atoms with Crippen LogP contribution in [0.3, 0.4) is 0 Å². The summed E-state index contributed by atoms with van der Waals surface area (Å²) in [6.45, 7) is 19.4. The van der Waals surface area contributed by atoms with Gasteiger partial charge in [-0.05, 0) is 194 Å². The molecule has 11 rings (SSSR count). The maximum Gasteiger partial charge on any atom is 0.0542 e. The van der Waals surface area contributed by atoms with Crippen LogP contribution >= 0.6 is 0 Å². The van der Waals surface area contributed by atoms with Crippen molar-refractivity contribution in [2.24, 2.45) is 5.92 Å². The second kappa shape index (κ2) is 19.3. The minimum absolute atomic E-state index is 0.460. The number of aromatic nitrogens is 2. The van der Waals surface area contributed by atoms with Gasteiger partial charge in [0.2, 0.25) is 0 Å². The van der Waals surface area contributed by atoms with Gasteiger partial charge in [-0.25, -0.2) is 0 Å². The Labute approximate surface area is 410 Å². The van der Waals surface area contributed by atoms with Gasteiger partial charge in [-0.15, -0.1) is 13.2 Å². The molecule has 0 amide bonds. The number of para-hydroxylation sites is 1. The summed E-state index contributed by atoms with van der Waals surface area (Å²) in [5.74, 6) is 1.10. The Morgan fingerprint density at radius 2 is 1.26 bits per heavy atom. The molecule has 2 aromatic heterocycles. The van der Waals surface area contributed by atoms with E-state index in [2.05, 4.69) is 245 Å². The molecule has 0 bridgehead atoms. The molecule has 0 spiro atoms. The van der Waals surface area contributed by atoms with E-state index in [0.29, 0.717) is 11.8 Å². The van der Waals surface area contributed by atoms with Crippen LogP contribution in [0.15, 0.2) is 189 Å². The van der Waals surface area contributed by atoms with E-state index in [1.807, 2.05) is 0 Å². The highest BCUT2D eigenvalue weighted by molar-refractivity contribution is 6.11. The zero-order valence-electron chi connectivity index (χ0n) is 41.4. The Morgan fingerprint density at radius 3 is 1.94 bits per heavy atom. The molecule has 69 heavy (non-hydrogen) atoms. The van der Waals surface area contributed by atoms with Gasteiger partial charge in [0, 0.05) is 50.3 Å². The zero-order chi connectivity index (χ0) is 47.8. The van der Waals surface area contributed by atoms with Crippen LogP contribution in [0, 0.1) is 19.8 Å². The molecular formula is C66H65N3. The van der Waals surface area contributed by atoms with Crippen LogP contribution in [0.1, 0.15) is 92.8 Å². The first-order valence-electron chi connectivity index (χ1n) is 25.2. The Morgan fingerprint density at radius 1 is 0.652 bits per heavy atom. The Hall–Kier alpha value is -7.36. The zero-order valence-corrected chi connectivity index (χ0v) is 41.4. The summed E-state index contributed by atoms with van der Waals surface area (Å²) in [5, 5.41) is 3.81. The molecule has 2 aliphatic rings. The van der Waals surface area contributed by atoms with Crippen molar-refractivity contribution in [1.82, 2.24) is 9.13 Å². The average molecular weight is 900 g/mol. The minimum Gasteiger partial charge on any atom is -0.314 e. The fourth-order valence-electron chi connectivity index (χ4n) is 11.2. The van der Waals surface area contributed by atoms with Crippen LogP contribution in [0.4, 0.5) is 11.4 Å². The highest BCUT2D eigenvalue weighted by Crippen LogP contribution is 2.46. The lowest BCUT2D eigenvalue weighted by Gasteiger charge is -2.29. The van der Waals surface area contributed by atoms with Gasteiger partial charge < -0.3 is 14.0 Å². The lowest BCUT2D eigenvalue weighted by Crippen LogP contribution is -2.14. The first kappa shape index (κ1) is 45.4. The van der Waals surface area contributed by atoms with Crippen LogP contribution in [0.5, 0.6) is 0 Å². The molecule has 3 nitrogen and oxygen atoms in total. The monoisotopic (exact) mass is 900 g/mol. The van der Waals surface area contributed by atoms with Crippen LogP contribution in [-0.2, 0) is 12.8 Å². The molecule has 2 aliphatic carbocycles. The molecule has 3 heteroatoms. The highest BCUT2D eigenvalue weighted by Gasteiger charge is 2.27. The van der Waals surface area contributed by atoms with Crippen molar-refractivity contribution in [2.45, 2.75) is 86.0 Å². The molecule has 0 N–H and O–H groups in total. The van der Waals surface area contributed by atoms with Crippen molar-refractivity contribution in [1.29, 1.82) is 0 Å². The number of anilines is 2. The van der Waals surface area contributed by atoms with Crippen LogP contribution < -0.4 is 4.90 Å². The molecule has 1 atom stereocenters. The Balaban J connectivity index is 0.00000273. The number of aryl methyl sites for hydroxylation is 3. The first-order chi connectivity index (χ1) is 33.8. The molecule has 344 valence electrons. The number of allylic oxidation sites excluding steroid dienone is 5. The van der Waals surface area contributed by atoms with Gasteiger partial charge in [-0.3, -0.25) is 0 Å². The lowest BCUT2D eigenvalue weighted by atomic mass is 9.76. The van der Waals surface area contributed by atoms with Crippen LogP contribution in [0.2, 0.25) is 0 Å². The van der Waals surface area contributed by atoms with Gasteiger partial charge in [0.25, 0.3) is 0 Å². The fraction of sp³-hybridized carbons (Fsp3) is 0.212. The van der Waals surface area contributed by atoms with E-state index in [1.165, 1.54) is 119 Å². The smallest absolute Gasteiger partial charge is 0.0542 e. The van der Waals surface area contributed by atoms with E-state index in [4.69, 9.17) is 0 Å². The second-order valence-electron chi connectivity index (χ2n) is 19.3. The van der Waals surface area contributed by atoms with Crippen molar-refractivity contribution < 1.29 is 0 Å². The van der Waals surface area contributed by atoms with Crippen molar-refractivity contribution in [2.75, 3.05) is 4.90 Å². The molecule has 2 heterocycles. The van der Waals surface area contributed by atoms with Crippen molar-refractivity contribution in [3.8, 4) is 33.6 Å². The average Bonchev–Trinajstić information content (AvgIpc) is 3.86. The summed E-state index contributed by atoms with van der Waals surface area (Å²) in [6, 6.07) is 55.4. The maximum absolute atomic E-state index is 3.00. The molecular weight excluding hydrogens is 835 g/mol. The standard InChI is InChI=1S/C64H61N3.C2H4/c1-7-9-20-45(6)65(48-31-35-63-59(40-48)55-25-14-15-26-61(55)66(63)50-29-28-46(17-8-2)56(38-50)52-23-12-10-18-43(52)4)49-32-36-64-60(41-49)58-37-42(3)27-34-62(58)67(64)51-30-33-54(47-21-16-22-47)57(39-51)53-24-13-11-19-44(53)5;1-2/h7,9-15,18-20,23-36,38-42,47H,8,16-17,21-22,37H2,1-6H3;1-2H2/b9-7-,45-20+;. The predicted molar refractivity (Wildman–Crippen MR) is 299 cm³/mol. The number of hydrogen-bond donors (Lipinski definition) is 0. The third kappa shape index (κ3) is 8.18. The Kier molecular flexibility index (Phi) is 12.7. The quantitative estimate of drug-likeness (QED) is 0.0931. The van der Waals surface area contributed by atoms with E-state index in [0.717, 1.165) is 36.3 Å². The summed E-state index contributed by atoms with van der Waals surface area (Å²) in [5.41, 5.74) is 23.2. The molecule has 0 aliphatic heterocycles. The molecule has 7 aromatic carbocycles. The summed E-state index contributed by atoms with van der Waals surface area (Å²) >= 11 is 0. The van der Waals surface area contributed by atoms with E-state index in [-0.39, 0.29) is 0 Å². The number of hydrogen-bond acceptors (Lipinski definition) is 1. The SMILES string of the molecule is C/C=C\C=C(/C)N(c1ccc2c(c1)c1c(n2-c2ccc(C3CCC3)c(-c3ccccc3C)c2)C=CC(C)C1)c1ccc2c(c1)c1ccccc1n2-c1ccc(CCC)c(-c2ccccc2C)c1.C=C. The van der Waals surface area contributed by atoms with Gasteiger partial charge in [-0.2, -0.15) is 0 Å². The number of rotatable bonds is 11. The van der Waals surface area contributed by atoms with Crippen LogP contribution in [0.25, 0.3) is 72.4 Å². The van der Waals surface area contributed by atoms with Gasteiger partial charge in [0.1, 0.15) is 0 Å². The highest BCUT2D eigenvalue weighted by atomic mass is 15.1. The largest absolute Gasteiger partial charge is 0.314 e. The molecule has 1 unspecified atom stereocenters. The second-order valence-corrected chi connectivity index (χ2v) is 19.3. The van der Waals surface area contributed by atoms with E-state index < -0.39 is 0 Å². The van der Waals surface area contributed by atoms with Gasteiger partial charge in [-0.1, -0.05) is 124 Å². The van der Waals surface area contributed by atoms with Gasteiger partial charge in [0.05, 0.1) is 16.6 Å². The predicted octanol–water partition coefficient (Wildman–Crippen LogP) is 18.5. The third-order valence-electron chi connectivity index (χ3n) is 14.8. The van der Waals surface area contributed by atoms with Gasteiger partial charge >= 0.3 is 0 Å². The van der Waals surface area contributed by atoms with E-state index >= 15 is 0 Å². The maximum atomic E-state index is 3.00. The molecule has 0 saturated heterocycles. The lowest BCUT2D eigenvalue weighted by molar-refractivity contribution is 0.420. The van der Waals surface area contributed by atoms with E-state index in [9.17, 15) is 0 Å². The van der Waals surface area contributed by atoms with Crippen molar-refractivity contribution in [3.63, 3.8) is 0 Å². The van der Waals surface area contributed by atoms with Gasteiger partial charge in [0.15, 0.2) is 0 Å². The van der Waals surface area contributed by atoms with Crippen molar-refractivity contribution in [3.05, 3.63) is 222 Å². The first-order valence-corrected chi connectivity index (χ1v) is 25.2. The summed E-state index contributed by atoms with van der Waals surface area (Å²) < 4.78 is 5.01. The summed E-state index contributed by atoms with van der Waals surface area (Å²) in [7, 11) is 0. The minimum atomic E-state index is 0.460. The van der Waals surface area contributed by atoms with E-state index in [1.54, 1.807) is 0 Å². The topological polar surface area (TPSA) is 13.1 Å². The fourth-order valence-corrected chi connectivity index (χ4v) is 11.2. The number of nitrogens with zero attached hydrogens (tertiary/aromatic N) is 3. The summed E-state index contributed by atoms with van der Waals surface area (Å²) in [6.07, 6.45) is 18.3. The normalized spacial score (nSPS) is 14.9. The summed E-state index contributed by atoms with van der Waals surface area (Å²) in [4.78, 5) is 2.45. The molecule has 9 aromatic rings. The number of benzene rings is 7. The number of fused-ring (bicyclic) bond motifs is 6. The third-order valence-corrected chi connectivity index (χ3v) is 14.8. The molecule has 1 fully saturated rings. The van der Waals surface area contributed by atoms with Crippen molar-refractivity contribution >= 4 is 50.2 Å². The Bertz CT molecular complexity index is 3470. The molecule has 0 radical (unpaired) electrons.